The first-order chi connectivity index (χ1) is 13.4. The lowest BCUT2D eigenvalue weighted by Gasteiger charge is -2.29. The second-order valence-corrected chi connectivity index (χ2v) is 6.70. The predicted molar refractivity (Wildman–Crippen MR) is 109 cm³/mol. The number of benzene rings is 2. The number of ether oxygens (including phenoxy) is 1. The minimum atomic E-state index is -0.627. The highest BCUT2D eigenvalue weighted by molar-refractivity contribution is 7.80. The second-order valence-electron chi connectivity index (χ2n) is 6.31. The molecule has 1 N–H and O–H groups in total. The van der Waals surface area contributed by atoms with Gasteiger partial charge in [-0.25, -0.2) is 4.39 Å². The number of rotatable bonds is 5. The van der Waals surface area contributed by atoms with Crippen LogP contribution in [0.15, 0.2) is 54.1 Å². The summed E-state index contributed by atoms with van der Waals surface area (Å²) in [6.45, 7) is 3.94. The van der Waals surface area contributed by atoms with Crippen molar-refractivity contribution in [3.63, 3.8) is 0 Å². The smallest absolute Gasteiger partial charge is 0.270 e. The van der Waals surface area contributed by atoms with Crippen molar-refractivity contribution < 1.29 is 18.7 Å². The quantitative estimate of drug-likeness (QED) is 0.472. The van der Waals surface area contributed by atoms with Crippen LogP contribution in [0.25, 0.3) is 6.08 Å². The zero-order chi connectivity index (χ0) is 20.3. The summed E-state index contributed by atoms with van der Waals surface area (Å²) < 4.78 is 19.5. The van der Waals surface area contributed by atoms with Crippen LogP contribution in [0.4, 0.5) is 10.1 Å². The van der Waals surface area contributed by atoms with Gasteiger partial charge in [-0.3, -0.25) is 19.8 Å². The SMILES string of the molecule is CC[C@H](C)Oc1ccccc1/C=C1\C(=O)NC(=S)N(c2cccc(F)c2)C1=O. The van der Waals surface area contributed by atoms with Gasteiger partial charge in [0.1, 0.15) is 17.1 Å². The number of thiocarbonyl (C=S) groups is 1. The fourth-order valence-electron chi connectivity index (χ4n) is 2.67. The molecule has 2 amide bonds. The van der Waals surface area contributed by atoms with Gasteiger partial charge in [0.2, 0.25) is 0 Å². The van der Waals surface area contributed by atoms with Gasteiger partial charge in [-0.2, -0.15) is 0 Å². The molecule has 1 saturated heterocycles. The highest BCUT2D eigenvalue weighted by Crippen LogP contribution is 2.26. The maximum absolute atomic E-state index is 13.6. The third kappa shape index (κ3) is 4.09. The largest absolute Gasteiger partial charge is 0.490 e. The minimum Gasteiger partial charge on any atom is -0.490 e. The van der Waals surface area contributed by atoms with Crippen LogP contribution >= 0.6 is 12.2 Å². The summed E-state index contributed by atoms with van der Waals surface area (Å²) in [4.78, 5) is 26.5. The predicted octanol–water partition coefficient (Wildman–Crippen LogP) is 3.83. The fourth-order valence-corrected chi connectivity index (χ4v) is 2.95. The monoisotopic (exact) mass is 398 g/mol. The van der Waals surface area contributed by atoms with Crippen LogP contribution < -0.4 is 15.0 Å². The molecule has 7 heteroatoms. The highest BCUT2D eigenvalue weighted by atomic mass is 32.1. The van der Waals surface area contributed by atoms with Gasteiger partial charge < -0.3 is 4.74 Å². The van der Waals surface area contributed by atoms with Gasteiger partial charge in [-0.1, -0.05) is 31.2 Å². The van der Waals surface area contributed by atoms with Crippen LogP contribution in [-0.4, -0.2) is 23.0 Å². The topological polar surface area (TPSA) is 58.6 Å². The van der Waals surface area contributed by atoms with Gasteiger partial charge in [-0.05, 0) is 55.9 Å². The molecule has 5 nitrogen and oxygen atoms in total. The van der Waals surface area contributed by atoms with Gasteiger partial charge in [0.15, 0.2) is 5.11 Å². The molecule has 2 aromatic rings. The Hall–Kier alpha value is -3.06. The van der Waals surface area contributed by atoms with Crippen molar-refractivity contribution in [1.29, 1.82) is 0 Å². The summed E-state index contributed by atoms with van der Waals surface area (Å²) >= 11 is 5.12. The number of halogens is 1. The van der Waals surface area contributed by atoms with Crippen molar-refractivity contribution in [2.24, 2.45) is 0 Å². The Morgan fingerprint density at radius 2 is 1.96 bits per heavy atom. The lowest BCUT2D eigenvalue weighted by atomic mass is 10.1. The molecule has 3 rings (SSSR count). The minimum absolute atomic E-state index is 0.0215. The summed E-state index contributed by atoms with van der Waals surface area (Å²) in [7, 11) is 0. The van der Waals surface area contributed by atoms with Crippen molar-refractivity contribution >= 4 is 40.9 Å². The molecular formula is C21H19FN2O3S. The van der Waals surface area contributed by atoms with Gasteiger partial charge in [0.05, 0.1) is 11.8 Å². The Balaban J connectivity index is 2.01. The maximum Gasteiger partial charge on any atom is 0.270 e. The lowest BCUT2D eigenvalue weighted by Crippen LogP contribution is -2.54. The van der Waals surface area contributed by atoms with Gasteiger partial charge >= 0.3 is 0 Å². The standard InChI is InChI=1S/C21H19FN2O3S/c1-3-13(2)27-18-10-5-4-7-14(18)11-17-19(25)23-21(28)24(20(17)26)16-9-6-8-15(22)12-16/h4-13H,3H2,1-2H3,(H,23,25,28)/b17-11+/t13-/m0/s1. The second kappa shape index (κ2) is 8.31. The van der Waals surface area contributed by atoms with Crippen LogP contribution in [0.1, 0.15) is 25.8 Å². The molecule has 1 atom stereocenters. The van der Waals surface area contributed by atoms with Crippen LogP contribution in [0, 0.1) is 5.82 Å². The van der Waals surface area contributed by atoms with E-state index in [1.165, 1.54) is 24.3 Å². The molecular weight excluding hydrogens is 379 g/mol. The van der Waals surface area contributed by atoms with E-state index >= 15 is 0 Å². The summed E-state index contributed by atoms with van der Waals surface area (Å²) in [6.07, 6.45) is 2.25. The van der Waals surface area contributed by atoms with Crippen molar-refractivity contribution in [1.82, 2.24) is 5.32 Å². The Morgan fingerprint density at radius 1 is 1.21 bits per heavy atom. The molecule has 0 saturated carbocycles. The number of carbonyl (C=O) groups is 2. The van der Waals surface area contributed by atoms with E-state index in [9.17, 15) is 14.0 Å². The Kier molecular flexibility index (Phi) is 5.84. The number of para-hydroxylation sites is 1. The van der Waals surface area contributed by atoms with E-state index in [0.717, 1.165) is 11.3 Å². The molecule has 0 radical (unpaired) electrons. The molecule has 1 aliphatic rings. The van der Waals surface area contributed by atoms with E-state index in [0.29, 0.717) is 11.3 Å². The number of amides is 2. The molecule has 0 aromatic heterocycles. The fraction of sp³-hybridized carbons (Fsp3) is 0.190. The number of hydrogen-bond acceptors (Lipinski definition) is 4. The highest BCUT2D eigenvalue weighted by Gasteiger charge is 2.34. The molecule has 0 bridgehead atoms. The number of anilines is 1. The van der Waals surface area contributed by atoms with Crippen molar-refractivity contribution in [2.45, 2.75) is 26.4 Å². The van der Waals surface area contributed by atoms with Crippen LogP contribution in [0.5, 0.6) is 5.75 Å². The van der Waals surface area contributed by atoms with E-state index in [2.05, 4.69) is 5.32 Å². The van der Waals surface area contributed by atoms with Crippen molar-refractivity contribution in [3.05, 3.63) is 65.5 Å². The molecule has 2 aromatic carbocycles. The summed E-state index contributed by atoms with van der Waals surface area (Å²) in [5.41, 5.74) is 0.719. The number of hydrogen-bond donors (Lipinski definition) is 1. The lowest BCUT2D eigenvalue weighted by molar-refractivity contribution is -0.122. The van der Waals surface area contributed by atoms with Gasteiger partial charge in [0, 0.05) is 5.56 Å². The molecule has 1 aliphatic heterocycles. The molecule has 0 spiro atoms. The Labute approximate surface area is 167 Å². The van der Waals surface area contributed by atoms with Crippen LogP contribution in [0.3, 0.4) is 0 Å². The van der Waals surface area contributed by atoms with E-state index in [-0.39, 0.29) is 22.5 Å². The number of nitrogens with one attached hydrogen (secondary N) is 1. The molecule has 0 aliphatic carbocycles. The van der Waals surface area contributed by atoms with Gasteiger partial charge in [-0.15, -0.1) is 0 Å². The van der Waals surface area contributed by atoms with Crippen molar-refractivity contribution in [3.8, 4) is 5.75 Å². The maximum atomic E-state index is 13.6. The first-order valence-corrected chi connectivity index (χ1v) is 9.24. The first kappa shape index (κ1) is 19.7. The van der Waals surface area contributed by atoms with E-state index in [1.54, 1.807) is 24.3 Å². The number of nitrogens with zero attached hydrogens (tertiary/aromatic N) is 1. The Morgan fingerprint density at radius 3 is 2.68 bits per heavy atom. The normalized spacial score (nSPS) is 16.9. The molecule has 28 heavy (non-hydrogen) atoms. The summed E-state index contributed by atoms with van der Waals surface area (Å²) in [5, 5.41) is 2.39. The van der Waals surface area contributed by atoms with Gasteiger partial charge in [0.25, 0.3) is 11.8 Å². The van der Waals surface area contributed by atoms with Crippen LogP contribution in [-0.2, 0) is 9.59 Å². The van der Waals surface area contributed by atoms with Crippen molar-refractivity contribution in [2.75, 3.05) is 4.90 Å². The zero-order valence-electron chi connectivity index (χ0n) is 15.4. The van der Waals surface area contributed by atoms with Crippen LogP contribution in [0.2, 0.25) is 0 Å². The third-order valence-corrected chi connectivity index (χ3v) is 4.57. The summed E-state index contributed by atoms with van der Waals surface area (Å²) in [5.74, 6) is -1.18. The third-order valence-electron chi connectivity index (χ3n) is 4.29. The molecule has 1 fully saturated rings. The molecule has 144 valence electrons. The average Bonchev–Trinajstić information content (AvgIpc) is 2.66. The number of carbonyl (C=O) groups excluding carboxylic acids is 2. The first-order valence-electron chi connectivity index (χ1n) is 8.83. The Bertz CT molecular complexity index is 974. The molecule has 1 heterocycles. The van der Waals surface area contributed by atoms with E-state index in [1.807, 2.05) is 19.9 Å². The van der Waals surface area contributed by atoms with E-state index in [4.69, 9.17) is 17.0 Å². The summed E-state index contributed by atoms with van der Waals surface area (Å²) in [6, 6.07) is 12.6. The molecule has 0 unspecified atom stereocenters. The van der Waals surface area contributed by atoms with E-state index < -0.39 is 17.6 Å². The zero-order valence-corrected chi connectivity index (χ0v) is 16.3. The average molecular weight is 398 g/mol.